The normalized spacial score (nSPS) is 23.3. The van der Waals surface area contributed by atoms with Crippen LogP contribution in [0.5, 0.6) is 0 Å². The summed E-state index contributed by atoms with van der Waals surface area (Å²) >= 11 is 0. The van der Waals surface area contributed by atoms with Crippen LogP contribution in [0.15, 0.2) is 54.6 Å². The van der Waals surface area contributed by atoms with Crippen molar-refractivity contribution in [3.63, 3.8) is 0 Å². The van der Waals surface area contributed by atoms with Crippen LogP contribution in [0.1, 0.15) is 69.6 Å². The number of rotatable bonds is 13. The van der Waals surface area contributed by atoms with Gasteiger partial charge in [0.05, 0.1) is 12.1 Å². The molecule has 4 rings (SSSR count). The molecular weight excluding hydrogens is 519 g/mol. The van der Waals surface area contributed by atoms with Crippen LogP contribution in [0.3, 0.4) is 0 Å². The number of benzene rings is 2. The molecular formula is C33H47FN4O3. The first-order chi connectivity index (χ1) is 19.6. The lowest BCUT2D eigenvalue weighted by Crippen LogP contribution is -2.56. The minimum absolute atomic E-state index is 0.154. The molecule has 41 heavy (non-hydrogen) atoms. The molecule has 224 valence electrons. The summed E-state index contributed by atoms with van der Waals surface area (Å²) in [6.07, 6.45) is 0.146. The molecule has 0 aliphatic carbocycles. The molecule has 2 aromatic carbocycles. The third-order valence-corrected chi connectivity index (χ3v) is 8.74. The summed E-state index contributed by atoms with van der Waals surface area (Å²) in [4.78, 5) is 30.7. The monoisotopic (exact) mass is 566 g/mol. The molecule has 2 aliphatic heterocycles. The molecule has 1 spiro atoms. The number of likely N-dealkylation sites (tertiary alicyclic amines) is 2. The number of amides is 2. The van der Waals surface area contributed by atoms with Gasteiger partial charge in [-0.3, -0.25) is 14.5 Å². The maximum absolute atomic E-state index is 14.5. The first kappa shape index (κ1) is 31.1. The molecule has 7 nitrogen and oxygen atoms in total. The van der Waals surface area contributed by atoms with Crippen LogP contribution >= 0.6 is 0 Å². The maximum Gasteiger partial charge on any atom is 0.243 e. The Labute approximate surface area is 244 Å². The van der Waals surface area contributed by atoms with Gasteiger partial charge in [0.1, 0.15) is 17.8 Å². The Bertz CT molecular complexity index is 1160. The van der Waals surface area contributed by atoms with E-state index in [-0.39, 0.29) is 24.8 Å². The van der Waals surface area contributed by atoms with Gasteiger partial charge >= 0.3 is 0 Å². The molecule has 0 radical (unpaired) electrons. The van der Waals surface area contributed by atoms with Crippen LogP contribution in [0.25, 0.3) is 0 Å². The SMILES string of the molecule is CCCN1C[C@@H](F)C[C@]12CCN(C(C)C(=O)N[C@@H](Cc1ccccc1)[C@H](O)CNCc1cccc(C(C)C)c1)C2=O. The van der Waals surface area contributed by atoms with E-state index < -0.39 is 29.9 Å². The van der Waals surface area contributed by atoms with Crippen LogP contribution in [0.2, 0.25) is 0 Å². The van der Waals surface area contributed by atoms with Crippen molar-refractivity contribution in [2.45, 2.75) is 95.7 Å². The standard InChI is InChI=1S/C33H47FN4O3/c1-5-15-37-22-28(34)19-33(37)14-16-38(32(33)41)24(4)31(40)36-29(18-25-10-7-6-8-11-25)30(39)21-35-20-26-12-9-13-27(17-26)23(2)3/h6-13,17,23-24,28-30,35,39H,5,14-16,18-22H2,1-4H3,(H,36,40)/t24?,28-,29-,30+,33-/m0/s1. The second-order valence-electron chi connectivity index (χ2n) is 12.1. The number of nitrogens with zero attached hydrogens (tertiary/aromatic N) is 2. The lowest BCUT2D eigenvalue weighted by Gasteiger charge is -2.34. The molecule has 5 atom stereocenters. The molecule has 2 fully saturated rings. The molecule has 2 aromatic rings. The number of hydrogen-bond acceptors (Lipinski definition) is 5. The van der Waals surface area contributed by atoms with E-state index in [9.17, 15) is 19.1 Å². The van der Waals surface area contributed by atoms with Crippen molar-refractivity contribution in [1.29, 1.82) is 0 Å². The predicted molar refractivity (Wildman–Crippen MR) is 160 cm³/mol. The van der Waals surface area contributed by atoms with Gasteiger partial charge in [-0.25, -0.2) is 4.39 Å². The first-order valence-electron chi connectivity index (χ1n) is 15.2. The number of carbonyl (C=O) groups is 2. The molecule has 8 heteroatoms. The van der Waals surface area contributed by atoms with Crippen LogP contribution in [0, 0.1) is 0 Å². The summed E-state index contributed by atoms with van der Waals surface area (Å²) < 4.78 is 14.5. The van der Waals surface area contributed by atoms with Crippen LogP contribution in [-0.2, 0) is 22.6 Å². The Morgan fingerprint density at radius 2 is 1.85 bits per heavy atom. The number of alkyl halides is 1. The highest BCUT2D eigenvalue weighted by Gasteiger charge is 2.57. The fourth-order valence-electron chi connectivity index (χ4n) is 6.35. The fraction of sp³-hybridized carbons (Fsp3) is 0.576. The summed E-state index contributed by atoms with van der Waals surface area (Å²) in [6.45, 7) is 10.3. The molecule has 3 N–H and O–H groups in total. The number of aliphatic hydroxyl groups is 1. The van der Waals surface area contributed by atoms with E-state index in [2.05, 4.69) is 42.7 Å². The lowest BCUT2D eigenvalue weighted by atomic mass is 9.93. The Morgan fingerprint density at radius 1 is 1.12 bits per heavy atom. The Kier molecular flexibility index (Phi) is 10.6. The second-order valence-corrected chi connectivity index (χ2v) is 12.1. The molecule has 2 saturated heterocycles. The fourth-order valence-corrected chi connectivity index (χ4v) is 6.35. The van der Waals surface area contributed by atoms with Crippen molar-refractivity contribution in [1.82, 2.24) is 20.4 Å². The topological polar surface area (TPSA) is 84.9 Å². The number of hydrogen-bond donors (Lipinski definition) is 3. The molecule has 0 aromatic heterocycles. The number of halogens is 1. The smallest absolute Gasteiger partial charge is 0.243 e. The minimum atomic E-state index is -1.03. The van der Waals surface area contributed by atoms with Crippen molar-refractivity contribution in [2.24, 2.45) is 0 Å². The van der Waals surface area contributed by atoms with Gasteiger partial charge in [-0.2, -0.15) is 0 Å². The lowest BCUT2D eigenvalue weighted by molar-refractivity contribution is -0.143. The van der Waals surface area contributed by atoms with Gasteiger partial charge in [0.2, 0.25) is 11.8 Å². The Morgan fingerprint density at radius 3 is 2.56 bits per heavy atom. The summed E-state index contributed by atoms with van der Waals surface area (Å²) in [6, 6.07) is 16.9. The third kappa shape index (κ3) is 7.34. The van der Waals surface area contributed by atoms with Gasteiger partial charge in [0.15, 0.2) is 0 Å². The Balaban J connectivity index is 1.41. The highest BCUT2D eigenvalue weighted by atomic mass is 19.1. The predicted octanol–water partition coefficient (Wildman–Crippen LogP) is 3.80. The van der Waals surface area contributed by atoms with E-state index in [1.54, 1.807) is 11.8 Å². The molecule has 1 unspecified atom stereocenters. The Hall–Kier alpha value is -2.81. The van der Waals surface area contributed by atoms with Crippen molar-refractivity contribution < 1.29 is 19.1 Å². The highest BCUT2D eigenvalue weighted by molar-refractivity contribution is 5.94. The summed E-state index contributed by atoms with van der Waals surface area (Å²) in [5.74, 6) is -0.0248. The van der Waals surface area contributed by atoms with Gasteiger partial charge in [0, 0.05) is 32.6 Å². The van der Waals surface area contributed by atoms with Crippen molar-refractivity contribution in [3.8, 4) is 0 Å². The quantitative estimate of drug-likeness (QED) is 0.344. The minimum Gasteiger partial charge on any atom is -0.390 e. The molecule has 0 saturated carbocycles. The second kappa shape index (κ2) is 13.9. The molecule has 2 aliphatic rings. The van der Waals surface area contributed by atoms with Gasteiger partial charge < -0.3 is 20.6 Å². The van der Waals surface area contributed by atoms with Crippen LogP contribution in [0.4, 0.5) is 4.39 Å². The van der Waals surface area contributed by atoms with Gasteiger partial charge in [0.25, 0.3) is 0 Å². The van der Waals surface area contributed by atoms with E-state index in [0.29, 0.717) is 44.9 Å². The summed E-state index contributed by atoms with van der Waals surface area (Å²) in [5.41, 5.74) is 2.56. The molecule has 2 heterocycles. The van der Waals surface area contributed by atoms with E-state index in [4.69, 9.17) is 0 Å². The average molecular weight is 567 g/mol. The number of aliphatic hydroxyl groups excluding tert-OH is 1. The van der Waals surface area contributed by atoms with Crippen LogP contribution in [-0.4, -0.2) is 82.8 Å². The summed E-state index contributed by atoms with van der Waals surface area (Å²) in [7, 11) is 0. The van der Waals surface area contributed by atoms with Crippen molar-refractivity contribution in [3.05, 3.63) is 71.3 Å². The first-order valence-corrected chi connectivity index (χ1v) is 15.2. The van der Waals surface area contributed by atoms with Gasteiger partial charge in [-0.1, -0.05) is 75.4 Å². The van der Waals surface area contributed by atoms with Crippen molar-refractivity contribution in [2.75, 3.05) is 26.2 Å². The molecule has 2 amide bonds. The maximum atomic E-state index is 14.5. The highest BCUT2D eigenvalue weighted by Crippen LogP contribution is 2.40. The third-order valence-electron chi connectivity index (χ3n) is 8.74. The van der Waals surface area contributed by atoms with Gasteiger partial charge in [-0.15, -0.1) is 0 Å². The summed E-state index contributed by atoms with van der Waals surface area (Å²) in [5, 5.41) is 17.6. The average Bonchev–Trinajstić information content (AvgIpc) is 3.46. The zero-order chi connectivity index (χ0) is 29.6. The van der Waals surface area contributed by atoms with E-state index in [1.807, 2.05) is 48.2 Å². The molecule has 0 bridgehead atoms. The van der Waals surface area contributed by atoms with Crippen molar-refractivity contribution >= 4 is 11.8 Å². The largest absolute Gasteiger partial charge is 0.390 e. The van der Waals surface area contributed by atoms with E-state index in [1.165, 1.54) is 5.56 Å². The zero-order valence-electron chi connectivity index (χ0n) is 25.0. The zero-order valence-corrected chi connectivity index (χ0v) is 25.0. The van der Waals surface area contributed by atoms with E-state index in [0.717, 1.165) is 17.5 Å². The number of nitrogens with one attached hydrogen (secondary N) is 2. The van der Waals surface area contributed by atoms with E-state index >= 15 is 0 Å². The number of carbonyl (C=O) groups excluding carboxylic acids is 2. The van der Waals surface area contributed by atoms with Gasteiger partial charge in [-0.05, 0) is 55.3 Å². The van der Waals surface area contributed by atoms with Crippen LogP contribution < -0.4 is 10.6 Å².